The van der Waals surface area contributed by atoms with Gasteiger partial charge < -0.3 is 20.1 Å². The number of alkyl halides is 1. The van der Waals surface area contributed by atoms with Crippen LogP contribution in [0.5, 0.6) is 11.8 Å². The zero-order valence-corrected chi connectivity index (χ0v) is 25.7. The zero-order chi connectivity index (χ0) is 32.2. The van der Waals surface area contributed by atoms with Gasteiger partial charge in [-0.3, -0.25) is 9.58 Å². The first kappa shape index (κ1) is 28.6. The van der Waals surface area contributed by atoms with Gasteiger partial charge in [-0.25, -0.2) is 13.2 Å². The number of aryl methyl sites for hydroxylation is 1. The number of rotatable bonds is 5. The Labute approximate surface area is 268 Å². The molecule has 2 aromatic heterocycles. The van der Waals surface area contributed by atoms with Gasteiger partial charge in [0.2, 0.25) is 0 Å². The molecule has 47 heavy (non-hydrogen) atoms. The van der Waals surface area contributed by atoms with Crippen LogP contribution in [0.2, 0.25) is 0 Å². The minimum absolute atomic E-state index is 0.0102. The fourth-order valence-electron chi connectivity index (χ4n) is 8.56. The summed E-state index contributed by atoms with van der Waals surface area (Å²) in [5, 5.41) is 20.7. The molecule has 6 heterocycles. The lowest BCUT2D eigenvalue weighted by molar-refractivity contribution is 0.107. The summed E-state index contributed by atoms with van der Waals surface area (Å²) in [5.41, 5.74) is 0.0648. The van der Waals surface area contributed by atoms with Crippen LogP contribution in [0.3, 0.4) is 0 Å². The van der Waals surface area contributed by atoms with Gasteiger partial charge in [0, 0.05) is 61.7 Å². The average Bonchev–Trinajstić information content (AvgIpc) is 3.76. The Kier molecular flexibility index (Phi) is 6.21. The lowest BCUT2D eigenvalue weighted by Gasteiger charge is -2.38. The number of halogens is 3. The van der Waals surface area contributed by atoms with Crippen molar-refractivity contribution >= 4 is 38.4 Å². The molecule has 1 unspecified atom stereocenters. The molecular weight excluding hydrogens is 607 g/mol. The Balaban J connectivity index is 1.30. The van der Waals surface area contributed by atoms with Crippen LogP contribution >= 0.6 is 0 Å². The smallest absolute Gasteiger partial charge is 0.319 e. The van der Waals surface area contributed by atoms with E-state index in [1.165, 1.54) is 24.3 Å². The Hall–Kier alpha value is -4.60. The molecule has 240 valence electrons. The fourth-order valence-corrected chi connectivity index (χ4v) is 8.56. The van der Waals surface area contributed by atoms with Crippen molar-refractivity contribution < 1.29 is 23.0 Å². The molecule has 4 fully saturated rings. The SMILES string of the molecule is C#Cc1c(F)ccc2cc(O)cc(-c3c(F)c4nc(OCC56CCCN5C[C@H](F)C6)nc(N5CC[C@H]6NC[C@H]65)c4c4cn(C)nc34)c12. The van der Waals surface area contributed by atoms with Crippen molar-refractivity contribution in [3.05, 3.63) is 47.7 Å². The molecule has 5 aromatic rings. The standard InChI is InChI=1S/C35H32F3N7O2/c1-3-21-24(37)6-5-18-11-20(46)12-22(27(18)21)28-30(38)32-29(23-16-43(2)42-31(23)28)33(45-10-7-25-26(45)14-39-25)41-34(40-32)47-17-35-8-4-9-44(35)15-19(36)13-35/h1,5-6,11-12,16,19,25-26,39,46H,4,7-10,13-15,17H2,2H3/t19-,25-,26-,35?/m1/s1. The second-order valence-corrected chi connectivity index (χ2v) is 13.4. The van der Waals surface area contributed by atoms with E-state index < -0.39 is 23.3 Å². The average molecular weight is 640 g/mol. The van der Waals surface area contributed by atoms with Gasteiger partial charge in [0.15, 0.2) is 5.82 Å². The summed E-state index contributed by atoms with van der Waals surface area (Å²) < 4.78 is 55.0. The summed E-state index contributed by atoms with van der Waals surface area (Å²) in [7, 11) is 1.74. The summed E-state index contributed by atoms with van der Waals surface area (Å²) in [6.45, 7) is 2.87. The number of aromatic hydroxyl groups is 1. The number of benzene rings is 3. The number of terminal acetylenes is 1. The van der Waals surface area contributed by atoms with E-state index in [9.17, 15) is 9.50 Å². The summed E-state index contributed by atoms with van der Waals surface area (Å²) in [6, 6.07) is 6.08. The van der Waals surface area contributed by atoms with E-state index in [0.29, 0.717) is 53.0 Å². The van der Waals surface area contributed by atoms with E-state index in [-0.39, 0.29) is 52.0 Å². The van der Waals surface area contributed by atoms with E-state index >= 15 is 8.78 Å². The molecule has 4 aliphatic rings. The number of anilines is 1. The minimum atomic E-state index is -0.923. The normalized spacial score (nSPS) is 25.4. The van der Waals surface area contributed by atoms with Crippen molar-refractivity contribution in [2.24, 2.45) is 7.05 Å². The van der Waals surface area contributed by atoms with Gasteiger partial charge in [-0.2, -0.15) is 15.1 Å². The molecule has 0 amide bonds. The Morgan fingerprint density at radius 2 is 2.04 bits per heavy atom. The first-order valence-corrected chi connectivity index (χ1v) is 16.1. The maximum Gasteiger partial charge on any atom is 0.319 e. The van der Waals surface area contributed by atoms with Crippen LogP contribution in [0.15, 0.2) is 30.5 Å². The van der Waals surface area contributed by atoms with Crippen LogP contribution in [0.1, 0.15) is 31.2 Å². The highest BCUT2D eigenvalue weighted by Crippen LogP contribution is 2.46. The molecule has 0 saturated carbocycles. The topological polar surface area (TPSA) is 91.6 Å². The Morgan fingerprint density at radius 1 is 1.17 bits per heavy atom. The molecule has 0 radical (unpaired) electrons. The second-order valence-electron chi connectivity index (χ2n) is 13.4. The van der Waals surface area contributed by atoms with Gasteiger partial charge in [-0.15, -0.1) is 6.42 Å². The highest BCUT2D eigenvalue weighted by atomic mass is 19.1. The van der Waals surface area contributed by atoms with Crippen molar-refractivity contribution in [2.45, 2.75) is 49.5 Å². The molecule has 2 N–H and O–H groups in total. The maximum atomic E-state index is 17.4. The summed E-state index contributed by atoms with van der Waals surface area (Å²) in [6.07, 6.45) is 9.70. The lowest BCUT2D eigenvalue weighted by Crippen LogP contribution is -2.59. The lowest BCUT2D eigenvalue weighted by atomic mass is 9.91. The number of ether oxygens (including phenoxy) is 1. The van der Waals surface area contributed by atoms with E-state index in [1.807, 2.05) is 0 Å². The molecule has 4 atom stereocenters. The zero-order valence-electron chi connectivity index (χ0n) is 25.7. The first-order chi connectivity index (χ1) is 22.7. The van der Waals surface area contributed by atoms with E-state index in [1.54, 1.807) is 17.9 Å². The van der Waals surface area contributed by atoms with Gasteiger partial charge >= 0.3 is 6.01 Å². The van der Waals surface area contributed by atoms with E-state index in [0.717, 1.165) is 32.4 Å². The number of nitrogens with one attached hydrogen (secondary N) is 1. The van der Waals surface area contributed by atoms with Crippen LogP contribution in [0.4, 0.5) is 19.0 Å². The molecule has 4 saturated heterocycles. The largest absolute Gasteiger partial charge is 0.508 e. The summed E-state index contributed by atoms with van der Waals surface area (Å²) in [4.78, 5) is 14.0. The highest BCUT2D eigenvalue weighted by molar-refractivity contribution is 6.18. The molecule has 3 aromatic carbocycles. The number of nitrogens with zero attached hydrogens (tertiary/aromatic N) is 6. The van der Waals surface area contributed by atoms with Crippen molar-refractivity contribution in [3.63, 3.8) is 0 Å². The number of phenolic OH excluding ortho intramolecular Hbond substituents is 1. The van der Waals surface area contributed by atoms with Crippen molar-refractivity contribution in [3.8, 4) is 35.2 Å². The van der Waals surface area contributed by atoms with Crippen LogP contribution in [0, 0.1) is 24.0 Å². The van der Waals surface area contributed by atoms with Crippen molar-refractivity contribution in [1.82, 2.24) is 30.0 Å². The first-order valence-electron chi connectivity index (χ1n) is 16.1. The van der Waals surface area contributed by atoms with Gasteiger partial charge in [-0.1, -0.05) is 12.0 Å². The monoisotopic (exact) mass is 639 g/mol. The molecule has 4 aliphatic heterocycles. The minimum Gasteiger partial charge on any atom is -0.508 e. The van der Waals surface area contributed by atoms with Crippen molar-refractivity contribution in [2.75, 3.05) is 37.7 Å². The van der Waals surface area contributed by atoms with Gasteiger partial charge in [0.05, 0.1) is 22.5 Å². The maximum absolute atomic E-state index is 17.4. The molecular formula is C35H32F3N7O2. The number of phenols is 1. The predicted molar refractivity (Wildman–Crippen MR) is 172 cm³/mol. The molecule has 9 rings (SSSR count). The van der Waals surface area contributed by atoms with Crippen LogP contribution in [-0.2, 0) is 7.05 Å². The second kappa shape index (κ2) is 10.2. The summed E-state index contributed by atoms with van der Waals surface area (Å²) >= 11 is 0. The van der Waals surface area contributed by atoms with Crippen LogP contribution < -0.4 is 15.0 Å². The molecule has 0 bridgehead atoms. The van der Waals surface area contributed by atoms with Gasteiger partial charge in [0.1, 0.15) is 41.2 Å². The predicted octanol–water partition coefficient (Wildman–Crippen LogP) is 4.81. The quantitative estimate of drug-likeness (QED) is 0.265. The number of hydrogen-bond donors (Lipinski definition) is 2. The Morgan fingerprint density at radius 3 is 2.83 bits per heavy atom. The van der Waals surface area contributed by atoms with Crippen molar-refractivity contribution in [1.29, 1.82) is 0 Å². The third-order valence-corrected chi connectivity index (χ3v) is 10.7. The molecule has 9 nitrogen and oxygen atoms in total. The molecule has 12 heteroatoms. The summed E-state index contributed by atoms with van der Waals surface area (Å²) in [5.74, 6) is 1.48. The number of aromatic nitrogens is 4. The fraction of sp³-hybridized carbons (Fsp3) is 0.400. The number of hydrogen-bond acceptors (Lipinski definition) is 8. The van der Waals surface area contributed by atoms with E-state index in [2.05, 4.69) is 26.1 Å². The third-order valence-electron chi connectivity index (χ3n) is 10.7. The third kappa shape index (κ3) is 4.15. The van der Waals surface area contributed by atoms with E-state index in [4.69, 9.17) is 21.1 Å². The van der Waals surface area contributed by atoms with Crippen LogP contribution in [-0.4, -0.2) is 86.3 Å². The van der Waals surface area contributed by atoms with Crippen LogP contribution in [0.25, 0.3) is 43.7 Å². The highest BCUT2D eigenvalue weighted by Gasteiger charge is 2.49. The molecule has 0 spiro atoms. The Bertz CT molecular complexity index is 2180. The molecule has 0 aliphatic carbocycles. The van der Waals surface area contributed by atoms with Gasteiger partial charge in [0.25, 0.3) is 0 Å². The van der Waals surface area contributed by atoms with Gasteiger partial charge in [-0.05, 0) is 55.0 Å². The number of fused-ring (bicyclic) bond motifs is 6.